The molecule has 0 aliphatic heterocycles. The number of methoxy groups -OCH3 is 1. The van der Waals surface area contributed by atoms with Crippen LogP contribution in [0.1, 0.15) is 31.9 Å². The summed E-state index contributed by atoms with van der Waals surface area (Å²) in [6.07, 6.45) is 0.768. The van der Waals surface area contributed by atoms with E-state index >= 15 is 0 Å². The minimum Gasteiger partial charge on any atom is -0.497 e. The predicted octanol–water partition coefficient (Wildman–Crippen LogP) is 2.88. The quantitative estimate of drug-likeness (QED) is 0.831. The van der Waals surface area contributed by atoms with Gasteiger partial charge in [-0.2, -0.15) is 0 Å². The first-order chi connectivity index (χ1) is 7.04. The van der Waals surface area contributed by atoms with E-state index in [1.165, 1.54) is 6.07 Å². The summed E-state index contributed by atoms with van der Waals surface area (Å²) in [5.41, 5.74) is 6.46. The molecule has 15 heavy (non-hydrogen) atoms. The average Bonchev–Trinajstić information content (AvgIpc) is 2.17. The summed E-state index contributed by atoms with van der Waals surface area (Å²) in [4.78, 5) is 0. The van der Waals surface area contributed by atoms with E-state index in [4.69, 9.17) is 10.5 Å². The van der Waals surface area contributed by atoms with Gasteiger partial charge in [0.25, 0.3) is 0 Å². The molecule has 1 rings (SSSR count). The van der Waals surface area contributed by atoms with Gasteiger partial charge in [0.15, 0.2) is 0 Å². The molecule has 3 heteroatoms. The van der Waals surface area contributed by atoms with Gasteiger partial charge in [-0.1, -0.05) is 13.8 Å². The zero-order chi connectivity index (χ0) is 11.4. The Labute approximate surface area is 90.2 Å². The minimum absolute atomic E-state index is 0.260. The molecule has 0 bridgehead atoms. The Morgan fingerprint density at radius 2 is 2.07 bits per heavy atom. The zero-order valence-electron chi connectivity index (χ0n) is 9.46. The predicted molar refractivity (Wildman–Crippen MR) is 59.3 cm³/mol. The van der Waals surface area contributed by atoms with E-state index in [0.717, 1.165) is 6.42 Å². The van der Waals surface area contributed by atoms with Gasteiger partial charge in [0.05, 0.1) is 7.11 Å². The van der Waals surface area contributed by atoms with Crippen LogP contribution >= 0.6 is 0 Å². The summed E-state index contributed by atoms with van der Waals surface area (Å²) in [6, 6.07) is 4.40. The second-order valence-electron chi connectivity index (χ2n) is 4.12. The number of hydrogen-bond donors (Lipinski definition) is 1. The van der Waals surface area contributed by atoms with Crippen LogP contribution in [0.5, 0.6) is 5.75 Å². The van der Waals surface area contributed by atoms with E-state index in [-0.39, 0.29) is 11.9 Å². The minimum atomic E-state index is -0.264. The summed E-state index contributed by atoms with van der Waals surface area (Å²) in [5, 5.41) is 0. The Morgan fingerprint density at radius 3 is 2.60 bits per heavy atom. The third-order valence-electron chi connectivity index (χ3n) is 2.33. The molecule has 1 aromatic carbocycles. The molecular weight excluding hydrogens is 193 g/mol. The maximum atomic E-state index is 13.5. The third kappa shape index (κ3) is 3.20. The summed E-state index contributed by atoms with van der Waals surface area (Å²) in [6.45, 7) is 4.13. The van der Waals surface area contributed by atoms with Crippen LogP contribution in [-0.2, 0) is 0 Å². The number of hydrogen-bond acceptors (Lipinski definition) is 2. The largest absolute Gasteiger partial charge is 0.497 e. The Bertz CT molecular complexity index is 325. The second-order valence-corrected chi connectivity index (χ2v) is 4.12. The first kappa shape index (κ1) is 12.0. The van der Waals surface area contributed by atoms with Crippen molar-refractivity contribution in [1.82, 2.24) is 0 Å². The molecule has 0 spiro atoms. The van der Waals surface area contributed by atoms with Crippen molar-refractivity contribution in [1.29, 1.82) is 0 Å². The van der Waals surface area contributed by atoms with Crippen LogP contribution in [0.3, 0.4) is 0 Å². The summed E-state index contributed by atoms with van der Waals surface area (Å²) >= 11 is 0. The van der Waals surface area contributed by atoms with Crippen LogP contribution in [0.25, 0.3) is 0 Å². The van der Waals surface area contributed by atoms with Crippen molar-refractivity contribution in [3.63, 3.8) is 0 Å². The lowest BCUT2D eigenvalue weighted by atomic mass is 9.97. The van der Waals surface area contributed by atoms with E-state index in [2.05, 4.69) is 13.8 Å². The smallest absolute Gasteiger partial charge is 0.128 e. The maximum absolute atomic E-state index is 13.5. The number of rotatable bonds is 4. The highest BCUT2D eigenvalue weighted by molar-refractivity contribution is 5.31. The monoisotopic (exact) mass is 211 g/mol. The molecule has 2 nitrogen and oxygen atoms in total. The Balaban J connectivity index is 2.91. The number of halogens is 1. The van der Waals surface area contributed by atoms with E-state index in [1.54, 1.807) is 19.2 Å². The molecule has 0 amide bonds. The number of nitrogens with two attached hydrogens (primary N) is 1. The molecule has 0 aliphatic rings. The number of ether oxygens (including phenoxy) is 1. The molecule has 0 saturated heterocycles. The fourth-order valence-corrected chi connectivity index (χ4v) is 1.57. The normalized spacial score (nSPS) is 12.9. The molecule has 1 atom stereocenters. The molecule has 0 aliphatic carbocycles. The fraction of sp³-hybridized carbons (Fsp3) is 0.500. The maximum Gasteiger partial charge on any atom is 0.128 e. The molecule has 84 valence electrons. The van der Waals surface area contributed by atoms with E-state index in [1.807, 2.05) is 0 Å². The van der Waals surface area contributed by atoms with Crippen LogP contribution in [0, 0.1) is 11.7 Å². The fourth-order valence-electron chi connectivity index (χ4n) is 1.57. The van der Waals surface area contributed by atoms with Crippen LogP contribution in [-0.4, -0.2) is 7.11 Å². The topological polar surface area (TPSA) is 35.2 Å². The van der Waals surface area contributed by atoms with Gasteiger partial charge in [-0.05, 0) is 30.5 Å². The average molecular weight is 211 g/mol. The standard InChI is InChI=1S/C12H18FNO/c1-8(2)6-12(14)10-7-9(15-3)4-5-11(10)13/h4-5,7-8,12H,6,14H2,1-3H3. The first-order valence-electron chi connectivity index (χ1n) is 5.13. The van der Waals surface area contributed by atoms with Crippen LogP contribution < -0.4 is 10.5 Å². The summed E-state index contributed by atoms with van der Waals surface area (Å²) in [5.74, 6) is 0.833. The Morgan fingerprint density at radius 1 is 1.40 bits per heavy atom. The molecule has 1 aromatic rings. The molecule has 1 unspecified atom stereocenters. The van der Waals surface area contributed by atoms with Crippen molar-refractivity contribution in [2.45, 2.75) is 26.3 Å². The third-order valence-corrected chi connectivity index (χ3v) is 2.33. The Hall–Kier alpha value is -1.09. The van der Waals surface area contributed by atoms with Crippen LogP contribution in [0.15, 0.2) is 18.2 Å². The van der Waals surface area contributed by atoms with Crippen molar-refractivity contribution in [2.75, 3.05) is 7.11 Å². The van der Waals surface area contributed by atoms with Gasteiger partial charge < -0.3 is 10.5 Å². The highest BCUT2D eigenvalue weighted by atomic mass is 19.1. The van der Waals surface area contributed by atoms with E-state index in [9.17, 15) is 4.39 Å². The first-order valence-corrected chi connectivity index (χ1v) is 5.13. The number of benzene rings is 1. The molecule has 0 saturated carbocycles. The highest BCUT2D eigenvalue weighted by Gasteiger charge is 2.13. The van der Waals surface area contributed by atoms with Gasteiger partial charge >= 0.3 is 0 Å². The van der Waals surface area contributed by atoms with Crippen LogP contribution in [0.4, 0.5) is 4.39 Å². The molecule has 2 N–H and O–H groups in total. The van der Waals surface area contributed by atoms with Crippen molar-refractivity contribution < 1.29 is 9.13 Å². The van der Waals surface area contributed by atoms with Crippen molar-refractivity contribution in [3.05, 3.63) is 29.6 Å². The van der Waals surface area contributed by atoms with E-state index in [0.29, 0.717) is 17.2 Å². The van der Waals surface area contributed by atoms with Crippen molar-refractivity contribution in [2.24, 2.45) is 11.7 Å². The van der Waals surface area contributed by atoms with Gasteiger partial charge in [-0.25, -0.2) is 4.39 Å². The van der Waals surface area contributed by atoms with E-state index < -0.39 is 0 Å². The highest BCUT2D eigenvalue weighted by Crippen LogP contribution is 2.25. The van der Waals surface area contributed by atoms with Crippen molar-refractivity contribution >= 4 is 0 Å². The second kappa shape index (κ2) is 5.12. The van der Waals surface area contributed by atoms with Gasteiger partial charge in [0.1, 0.15) is 11.6 Å². The Kier molecular flexibility index (Phi) is 4.09. The lowest BCUT2D eigenvalue weighted by molar-refractivity contribution is 0.410. The zero-order valence-corrected chi connectivity index (χ0v) is 9.46. The van der Waals surface area contributed by atoms with Gasteiger partial charge in [0.2, 0.25) is 0 Å². The summed E-state index contributed by atoms with van der Waals surface area (Å²) in [7, 11) is 1.56. The summed E-state index contributed by atoms with van der Waals surface area (Å²) < 4.78 is 18.5. The lowest BCUT2D eigenvalue weighted by Gasteiger charge is -2.15. The van der Waals surface area contributed by atoms with Crippen molar-refractivity contribution in [3.8, 4) is 5.75 Å². The molecule has 0 fully saturated rings. The molecular formula is C12H18FNO. The molecule has 0 heterocycles. The molecule has 0 radical (unpaired) electrons. The van der Waals surface area contributed by atoms with Gasteiger partial charge in [-0.3, -0.25) is 0 Å². The lowest BCUT2D eigenvalue weighted by Crippen LogP contribution is -2.14. The SMILES string of the molecule is COc1ccc(F)c(C(N)CC(C)C)c1. The van der Waals surface area contributed by atoms with Gasteiger partial charge in [0, 0.05) is 11.6 Å². The van der Waals surface area contributed by atoms with Gasteiger partial charge in [-0.15, -0.1) is 0 Å². The molecule has 0 aromatic heterocycles. The van der Waals surface area contributed by atoms with Crippen LogP contribution in [0.2, 0.25) is 0 Å².